The monoisotopic (exact) mass is 202 g/mol. The third kappa shape index (κ3) is 0.898. The van der Waals surface area contributed by atoms with Crippen LogP contribution in [0.2, 0.25) is 0 Å². The van der Waals surface area contributed by atoms with Gasteiger partial charge in [-0.25, -0.2) is 0 Å². The first kappa shape index (κ1) is 7.64. The zero-order valence-electron chi connectivity index (χ0n) is 7.11. The molecular weight excluding hydrogens is 196 g/mol. The van der Waals surface area contributed by atoms with Crippen LogP contribution >= 0.6 is 12.2 Å². The van der Waals surface area contributed by atoms with Crippen LogP contribution in [-0.2, 0) is 0 Å². The minimum absolute atomic E-state index is 0.495. The smallest absolute Gasteiger partial charge is 0.176 e. The molecule has 2 N–H and O–H groups in total. The summed E-state index contributed by atoms with van der Waals surface area (Å²) in [6.07, 6.45) is 0. The molecule has 3 rings (SSSR count). The first-order valence-electron chi connectivity index (χ1n) is 4.18. The molecule has 0 spiro atoms. The molecule has 0 amide bonds. The van der Waals surface area contributed by atoms with Crippen LogP contribution in [-0.4, -0.2) is 20.4 Å². The number of fused-ring (bicyclic) bond motifs is 3. The van der Waals surface area contributed by atoms with Gasteiger partial charge in [0, 0.05) is 10.9 Å². The van der Waals surface area contributed by atoms with Gasteiger partial charge >= 0.3 is 0 Å². The molecule has 0 atom stereocenters. The molecule has 0 unspecified atom stereocenters. The Morgan fingerprint density at radius 3 is 2.93 bits per heavy atom. The van der Waals surface area contributed by atoms with Gasteiger partial charge in [-0.05, 0) is 6.07 Å². The number of nitrogens with zero attached hydrogens (tertiary/aromatic N) is 2. The first-order chi connectivity index (χ1) is 6.86. The maximum absolute atomic E-state index is 5.07. The summed E-state index contributed by atoms with van der Waals surface area (Å²) in [5.41, 5.74) is 2.80. The number of para-hydroxylation sites is 1. The van der Waals surface area contributed by atoms with Gasteiger partial charge in [0.2, 0.25) is 0 Å². The highest BCUT2D eigenvalue weighted by atomic mass is 32.1. The molecule has 0 aliphatic heterocycles. The minimum atomic E-state index is 0.495. The highest BCUT2D eigenvalue weighted by Crippen LogP contribution is 2.21. The van der Waals surface area contributed by atoms with Crippen LogP contribution in [0.25, 0.3) is 21.9 Å². The third-order valence-corrected chi connectivity index (χ3v) is 2.51. The van der Waals surface area contributed by atoms with Gasteiger partial charge in [-0.3, -0.25) is 5.10 Å². The number of hydrogen-bond donors (Lipinski definition) is 2. The fourth-order valence-electron chi connectivity index (χ4n) is 1.59. The average Bonchev–Trinajstić information content (AvgIpc) is 2.59. The second-order valence-corrected chi connectivity index (χ2v) is 3.42. The second-order valence-electron chi connectivity index (χ2n) is 3.04. The Bertz CT molecular complexity index is 667. The highest BCUT2D eigenvalue weighted by Gasteiger charge is 2.04. The van der Waals surface area contributed by atoms with E-state index in [4.69, 9.17) is 12.2 Å². The van der Waals surface area contributed by atoms with E-state index in [1.807, 2.05) is 24.3 Å². The van der Waals surface area contributed by atoms with Crippen molar-refractivity contribution in [2.24, 2.45) is 0 Å². The molecule has 0 radical (unpaired) electrons. The lowest BCUT2D eigenvalue weighted by Gasteiger charge is -1.87. The van der Waals surface area contributed by atoms with E-state index in [1.54, 1.807) is 0 Å². The normalized spacial score (nSPS) is 11.1. The van der Waals surface area contributed by atoms with Crippen molar-refractivity contribution in [3.05, 3.63) is 28.9 Å². The maximum Gasteiger partial charge on any atom is 0.176 e. The lowest BCUT2D eigenvalue weighted by Crippen LogP contribution is -1.86. The van der Waals surface area contributed by atoms with E-state index in [9.17, 15) is 0 Å². The zero-order chi connectivity index (χ0) is 9.54. The number of rotatable bonds is 0. The molecule has 14 heavy (non-hydrogen) atoms. The fourth-order valence-corrected chi connectivity index (χ4v) is 1.78. The highest BCUT2D eigenvalue weighted by molar-refractivity contribution is 7.71. The van der Waals surface area contributed by atoms with Crippen molar-refractivity contribution >= 4 is 34.2 Å². The molecule has 2 aromatic heterocycles. The van der Waals surface area contributed by atoms with Crippen LogP contribution < -0.4 is 0 Å². The Morgan fingerprint density at radius 2 is 2.00 bits per heavy atom. The molecule has 0 fully saturated rings. The van der Waals surface area contributed by atoms with Crippen molar-refractivity contribution in [1.29, 1.82) is 0 Å². The topological polar surface area (TPSA) is 57.4 Å². The zero-order valence-corrected chi connectivity index (χ0v) is 7.93. The largest absolute Gasteiger partial charge is 0.351 e. The van der Waals surface area contributed by atoms with Gasteiger partial charge in [-0.15, -0.1) is 5.10 Å². The Labute approximate surface area is 84.0 Å². The van der Waals surface area contributed by atoms with Gasteiger partial charge in [-0.2, -0.15) is 0 Å². The molecule has 68 valence electrons. The number of aromatic amines is 2. The summed E-state index contributed by atoms with van der Waals surface area (Å²) in [4.78, 5) is 3.21. The Morgan fingerprint density at radius 1 is 1.14 bits per heavy atom. The molecule has 0 aliphatic rings. The lowest BCUT2D eigenvalue weighted by atomic mass is 10.2. The van der Waals surface area contributed by atoms with Crippen LogP contribution in [0.4, 0.5) is 0 Å². The molecule has 4 nitrogen and oxygen atoms in total. The van der Waals surface area contributed by atoms with Gasteiger partial charge in [0.25, 0.3) is 0 Å². The number of aromatic nitrogens is 4. The molecule has 0 saturated heterocycles. The SMILES string of the molecule is S=c1nn[nH]c2c1[nH]c1ccccc12. The lowest BCUT2D eigenvalue weighted by molar-refractivity contribution is 0.887. The van der Waals surface area contributed by atoms with E-state index >= 15 is 0 Å². The minimum Gasteiger partial charge on any atom is -0.351 e. The van der Waals surface area contributed by atoms with Crippen molar-refractivity contribution in [2.45, 2.75) is 0 Å². The summed E-state index contributed by atoms with van der Waals surface area (Å²) in [5.74, 6) is 0. The van der Waals surface area contributed by atoms with E-state index in [0.29, 0.717) is 4.64 Å². The molecule has 2 heterocycles. The molecule has 3 aromatic rings. The quantitative estimate of drug-likeness (QED) is 0.549. The Kier molecular flexibility index (Phi) is 1.43. The van der Waals surface area contributed by atoms with E-state index in [-0.39, 0.29) is 0 Å². The number of H-pyrrole nitrogens is 2. The van der Waals surface area contributed by atoms with Gasteiger partial charge in [-0.1, -0.05) is 35.6 Å². The number of nitrogens with one attached hydrogen (secondary N) is 2. The van der Waals surface area contributed by atoms with Crippen molar-refractivity contribution in [2.75, 3.05) is 0 Å². The summed E-state index contributed by atoms with van der Waals surface area (Å²) in [7, 11) is 0. The van der Waals surface area contributed by atoms with Crippen LogP contribution in [0, 0.1) is 4.64 Å². The summed E-state index contributed by atoms with van der Waals surface area (Å²) in [5, 5.41) is 11.5. The number of benzene rings is 1. The van der Waals surface area contributed by atoms with Gasteiger partial charge in [0.1, 0.15) is 5.52 Å². The summed E-state index contributed by atoms with van der Waals surface area (Å²) in [6.45, 7) is 0. The summed E-state index contributed by atoms with van der Waals surface area (Å²) >= 11 is 5.07. The first-order valence-corrected chi connectivity index (χ1v) is 4.59. The molecular formula is C9H6N4S. The van der Waals surface area contributed by atoms with Gasteiger partial charge in [0.15, 0.2) is 4.64 Å². The van der Waals surface area contributed by atoms with Gasteiger partial charge in [0.05, 0.1) is 5.52 Å². The van der Waals surface area contributed by atoms with Gasteiger partial charge < -0.3 is 4.98 Å². The van der Waals surface area contributed by atoms with E-state index in [1.165, 1.54) is 0 Å². The van der Waals surface area contributed by atoms with Crippen LogP contribution in [0.3, 0.4) is 0 Å². The molecule has 5 heteroatoms. The standard InChI is InChI=1S/C9H6N4S/c14-9-8-7(11-13-12-9)5-3-1-2-4-6(5)10-8/h1-4,10H,(H,11,12,14). The van der Waals surface area contributed by atoms with E-state index < -0.39 is 0 Å². The summed E-state index contributed by atoms with van der Waals surface area (Å²) < 4.78 is 0.495. The predicted octanol–water partition coefficient (Wildman–Crippen LogP) is 2.17. The second kappa shape index (κ2) is 2.62. The van der Waals surface area contributed by atoms with Crippen LogP contribution in [0.5, 0.6) is 0 Å². The van der Waals surface area contributed by atoms with E-state index in [0.717, 1.165) is 21.9 Å². The van der Waals surface area contributed by atoms with Crippen molar-refractivity contribution in [3.8, 4) is 0 Å². The molecule has 1 aromatic carbocycles. The third-order valence-electron chi connectivity index (χ3n) is 2.22. The number of hydrogen-bond acceptors (Lipinski definition) is 3. The fraction of sp³-hybridized carbons (Fsp3) is 0. The molecule has 0 saturated carbocycles. The predicted molar refractivity (Wildman–Crippen MR) is 56.6 cm³/mol. The van der Waals surface area contributed by atoms with E-state index in [2.05, 4.69) is 20.4 Å². The van der Waals surface area contributed by atoms with Crippen molar-refractivity contribution in [1.82, 2.24) is 20.4 Å². The van der Waals surface area contributed by atoms with Crippen LogP contribution in [0.1, 0.15) is 0 Å². The van der Waals surface area contributed by atoms with Crippen molar-refractivity contribution < 1.29 is 0 Å². The maximum atomic E-state index is 5.07. The van der Waals surface area contributed by atoms with Crippen LogP contribution in [0.15, 0.2) is 24.3 Å². The molecule has 0 bridgehead atoms. The Balaban J connectivity index is 2.70. The van der Waals surface area contributed by atoms with Crippen molar-refractivity contribution in [3.63, 3.8) is 0 Å². The average molecular weight is 202 g/mol. The summed E-state index contributed by atoms with van der Waals surface area (Å²) in [6, 6.07) is 7.97. The molecule has 0 aliphatic carbocycles. The Hall–Kier alpha value is -1.75.